The van der Waals surface area contributed by atoms with Crippen molar-refractivity contribution in [2.75, 3.05) is 31.5 Å². The van der Waals surface area contributed by atoms with Gasteiger partial charge >= 0.3 is 0 Å². The average Bonchev–Trinajstić information content (AvgIpc) is 2.64. The van der Waals surface area contributed by atoms with Crippen molar-refractivity contribution in [3.05, 3.63) is 58.8 Å². The molecule has 0 radical (unpaired) electrons. The topological polar surface area (TPSA) is 48.5 Å². The Morgan fingerprint density at radius 3 is 2.40 bits per heavy atom. The van der Waals surface area contributed by atoms with Crippen LogP contribution in [0.3, 0.4) is 0 Å². The smallest absolute Gasteiger partial charge is 0.241 e. The van der Waals surface area contributed by atoms with Crippen LogP contribution in [0.4, 0.5) is 5.69 Å². The molecule has 1 unspecified atom stereocenters. The normalized spacial score (nSPS) is 17.2. The summed E-state index contributed by atoms with van der Waals surface area (Å²) < 4.78 is 1.00. The first-order chi connectivity index (χ1) is 12.1. The van der Waals surface area contributed by atoms with Gasteiger partial charge in [-0.25, -0.2) is 0 Å². The molecule has 1 aliphatic heterocycles. The highest BCUT2D eigenvalue weighted by molar-refractivity contribution is 9.10. The molecule has 0 spiro atoms. The van der Waals surface area contributed by atoms with E-state index < -0.39 is 0 Å². The molecule has 1 amide bonds. The molecule has 25 heavy (non-hydrogen) atoms. The fourth-order valence-electron chi connectivity index (χ4n) is 3.00. The van der Waals surface area contributed by atoms with E-state index in [0.29, 0.717) is 0 Å². The number of aromatic nitrogens is 1. The number of rotatable bonds is 5. The van der Waals surface area contributed by atoms with Crippen LogP contribution in [-0.4, -0.2) is 52.9 Å². The zero-order chi connectivity index (χ0) is 17.6. The third-order valence-corrected chi connectivity index (χ3v) is 5.13. The highest BCUT2D eigenvalue weighted by Gasteiger charge is 2.25. The molecule has 1 atom stereocenters. The van der Waals surface area contributed by atoms with Crippen LogP contribution < -0.4 is 5.32 Å². The fraction of sp³-hybridized carbons (Fsp3) is 0.368. The van der Waals surface area contributed by atoms with Crippen LogP contribution >= 0.6 is 15.9 Å². The molecule has 1 aliphatic rings. The summed E-state index contributed by atoms with van der Waals surface area (Å²) in [5, 5.41) is 3.00. The monoisotopic (exact) mass is 402 g/mol. The molecule has 6 heteroatoms. The number of piperazine rings is 1. The molecule has 1 N–H and O–H groups in total. The van der Waals surface area contributed by atoms with Crippen molar-refractivity contribution in [3.63, 3.8) is 0 Å². The van der Waals surface area contributed by atoms with Crippen molar-refractivity contribution in [1.29, 1.82) is 0 Å². The molecule has 2 aromatic rings. The van der Waals surface area contributed by atoms with Crippen molar-refractivity contribution in [3.8, 4) is 0 Å². The van der Waals surface area contributed by atoms with Gasteiger partial charge in [0.25, 0.3) is 0 Å². The van der Waals surface area contributed by atoms with Gasteiger partial charge in [-0.05, 0) is 48.9 Å². The number of halogens is 1. The number of carbonyl (C=O) groups is 1. The van der Waals surface area contributed by atoms with Crippen LogP contribution in [-0.2, 0) is 11.3 Å². The largest absolute Gasteiger partial charge is 0.325 e. The third kappa shape index (κ3) is 5.11. The van der Waals surface area contributed by atoms with Crippen LogP contribution in [0.15, 0.2) is 53.3 Å². The number of benzene rings is 1. The molecule has 0 aliphatic carbocycles. The fourth-order valence-corrected chi connectivity index (χ4v) is 3.27. The molecule has 0 bridgehead atoms. The SMILES string of the molecule is CC(C(=O)Nc1ccc(Br)cc1)N1CCN(Cc2ccncc2)CC1. The van der Waals surface area contributed by atoms with E-state index in [1.54, 1.807) is 0 Å². The second-order valence-electron chi connectivity index (χ2n) is 6.34. The van der Waals surface area contributed by atoms with Crippen LogP contribution in [0.5, 0.6) is 0 Å². The lowest BCUT2D eigenvalue weighted by Crippen LogP contribution is -2.52. The van der Waals surface area contributed by atoms with Crippen LogP contribution in [0.2, 0.25) is 0 Å². The van der Waals surface area contributed by atoms with Crippen molar-refractivity contribution >= 4 is 27.5 Å². The summed E-state index contributed by atoms with van der Waals surface area (Å²) in [4.78, 5) is 21.2. The lowest BCUT2D eigenvalue weighted by molar-refractivity contribution is -0.121. The number of anilines is 1. The van der Waals surface area contributed by atoms with Gasteiger partial charge < -0.3 is 5.32 Å². The van der Waals surface area contributed by atoms with Gasteiger partial charge in [-0.2, -0.15) is 0 Å². The number of hydrogen-bond donors (Lipinski definition) is 1. The zero-order valence-electron chi connectivity index (χ0n) is 14.4. The van der Waals surface area contributed by atoms with Gasteiger partial charge in [0.15, 0.2) is 0 Å². The quantitative estimate of drug-likeness (QED) is 0.834. The maximum absolute atomic E-state index is 12.5. The number of amides is 1. The summed E-state index contributed by atoms with van der Waals surface area (Å²) in [6.45, 7) is 6.67. The van der Waals surface area contributed by atoms with E-state index in [4.69, 9.17) is 0 Å². The minimum atomic E-state index is -0.133. The van der Waals surface area contributed by atoms with Gasteiger partial charge in [0.05, 0.1) is 6.04 Å². The van der Waals surface area contributed by atoms with E-state index >= 15 is 0 Å². The predicted octanol–water partition coefficient (Wildman–Crippen LogP) is 2.99. The molecule has 1 saturated heterocycles. The summed E-state index contributed by atoms with van der Waals surface area (Å²) in [7, 11) is 0. The van der Waals surface area contributed by atoms with Crippen LogP contribution in [0.25, 0.3) is 0 Å². The predicted molar refractivity (Wildman–Crippen MR) is 103 cm³/mol. The van der Waals surface area contributed by atoms with Gasteiger partial charge in [-0.1, -0.05) is 15.9 Å². The Labute approximate surface area is 157 Å². The molecule has 2 heterocycles. The Bertz CT molecular complexity index is 684. The minimum Gasteiger partial charge on any atom is -0.325 e. The Morgan fingerprint density at radius 1 is 1.12 bits per heavy atom. The van der Waals surface area contributed by atoms with E-state index in [-0.39, 0.29) is 11.9 Å². The lowest BCUT2D eigenvalue weighted by atomic mass is 10.2. The first kappa shape index (κ1) is 18.0. The Balaban J connectivity index is 1.48. The lowest BCUT2D eigenvalue weighted by Gasteiger charge is -2.37. The second-order valence-corrected chi connectivity index (χ2v) is 7.26. The number of nitrogens with zero attached hydrogens (tertiary/aromatic N) is 3. The number of hydrogen-bond acceptors (Lipinski definition) is 4. The Hall–Kier alpha value is -1.76. The van der Waals surface area contributed by atoms with Crippen molar-refractivity contribution < 1.29 is 4.79 Å². The maximum atomic E-state index is 12.5. The van der Waals surface area contributed by atoms with E-state index in [1.807, 2.05) is 43.6 Å². The van der Waals surface area contributed by atoms with Crippen LogP contribution in [0, 0.1) is 0 Å². The van der Waals surface area contributed by atoms with E-state index in [2.05, 4.69) is 48.2 Å². The van der Waals surface area contributed by atoms with Gasteiger partial charge in [0, 0.05) is 55.3 Å². The number of pyridine rings is 1. The van der Waals surface area contributed by atoms with Gasteiger partial charge in [0.1, 0.15) is 0 Å². The van der Waals surface area contributed by atoms with E-state index in [9.17, 15) is 4.79 Å². The molecular weight excluding hydrogens is 380 g/mol. The highest BCUT2D eigenvalue weighted by Crippen LogP contribution is 2.16. The minimum absolute atomic E-state index is 0.0462. The molecular formula is C19H23BrN4O. The second kappa shape index (κ2) is 8.56. The summed E-state index contributed by atoms with van der Waals surface area (Å²) in [6, 6.07) is 11.6. The molecule has 5 nitrogen and oxygen atoms in total. The van der Waals surface area contributed by atoms with E-state index in [1.165, 1.54) is 5.56 Å². The third-order valence-electron chi connectivity index (χ3n) is 4.60. The standard InChI is InChI=1S/C19H23BrN4O/c1-15(19(25)22-18-4-2-17(20)3-5-18)24-12-10-23(11-13-24)14-16-6-8-21-9-7-16/h2-9,15H,10-14H2,1H3,(H,22,25). The summed E-state index contributed by atoms with van der Waals surface area (Å²) in [5.41, 5.74) is 2.11. The summed E-state index contributed by atoms with van der Waals surface area (Å²) in [5.74, 6) is 0.0462. The Kier molecular flexibility index (Phi) is 6.18. The molecule has 0 saturated carbocycles. The van der Waals surface area contributed by atoms with Crippen LogP contribution in [0.1, 0.15) is 12.5 Å². The molecule has 132 valence electrons. The van der Waals surface area contributed by atoms with Gasteiger partial charge in [-0.3, -0.25) is 19.6 Å². The first-order valence-electron chi connectivity index (χ1n) is 8.53. The Morgan fingerprint density at radius 2 is 1.76 bits per heavy atom. The highest BCUT2D eigenvalue weighted by atomic mass is 79.9. The number of carbonyl (C=O) groups excluding carboxylic acids is 1. The zero-order valence-corrected chi connectivity index (χ0v) is 15.9. The maximum Gasteiger partial charge on any atom is 0.241 e. The number of nitrogens with one attached hydrogen (secondary N) is 1. The van der Waals surface area contributed by atoms with Gasteiger partial charge in [0.2, 0.25) is 5.91 Å². The first-order valence-corrected chi connectivity index (χ1v) is 9.33. The molecule has 1 aromatic heterocycles. The summed E-state index contributed by atoms with van der Waals surface area (Å²) >= 11 is 3.40. The summed E-state index contributed by atoms with van der Waals surface area (Å²) in [6.07, 6.45) is 3.67. The van der Waals surface area contributed by atoms with Crippen molar-refractivity contribution in [2.45, 2.75) is 19.5 Å². The molecule has 3 rings (SSSR count). The molecule has 1 fully saturated rings. The molecule has 1 aromatic carbocycles. The van der Waals surface area contributed by atoms with E-state index in [0.717, 1.165) is 42.9 Å². The van der Waals surface area contributed by atoms with Gasteiger partial charge in [-0.15, -0.1) is 0 Å². The average molecular weight is 403 g/mol. The van der Waals surface area contributed by atoms with Crippen molar-refractivity contribution in [1.82, 2.24) is 14.8 Å². The van der Waals surface area contributed by atoms with Crippen molar-refractivity contribution in [2.24, 2.45) is 0 Å².